The largest absolute Gasteiger partial charge is 0.336 e. The van der Waals surface area contributed by atoms with E-state index in [-0.39, 0.29) is 23.5 Å². The summed E-state index contributed by atoms with van der Waals surface area (Å²) >= 11 is 0. The maximum absolute atomic E-state index is 12.3. The van der Waals surface area contributed by atoms with Gasteiger partial charge in [-0.25, -0.2) is 13.4 Å². The van der Waals surface area contributed by atoms with Crippen LogP contribution in [0.4, 0.5) is 0 Å². The molecule has 0 aliphatic carbocycles. The van der Waals surface area contributed by atoms with Crippen molar-refractivity contribution >= 4 is 22.4 Å². The van der Waals surface area contributed by atoms with Gasteiger partial charge in [0.25, 0.3) is 10.0 Å². The molecule has 0 saturated carbocycles. The summed E-state index contributed by atoms with van der Waals surface area (Å²) in [5.41, 5.74) is 0. The first kappa shape index (κ1) is 15.4. The average molecular weight is 295 g/mol. The third-order valence-electron chi connectivity index (χ3n) is 2.91. The van der Waals surface area contributed by atoms with Crippen LogP contribution in [-0.2, 0) is 16.6 Å². The lowest BCUT2D eigenvalue weighted by molar-refractivity contribution is 0.309. The number of aromatic nitrogens is 2. The summed E-state index contributed by atoms with van der Waals surface area (Å²) in [6, 6.07) is 0.187. The van der Waals surface area contributed by atoms with Crippen molar-refractivity contribution < 1.29 is 8.42 Å². The van der Waals surface area contributed by atoms with Gasteiger partial charge in [-0.3, -0.25) is 0 Å². The monoisotopic (exact) mass is 294 g/mol. The van der Waals surface area contributed by atoms with E-state index in [9.17, 15) is 8.42 Å². The molecule has 1 aliphatic heterocycles. The minimum absolute atomic E-state index is 0. The molecule has 1 aromatic rings. The first-order chi connectivity index (χ1) is 8.04. The van der Waals surface area contributed by atoms with E-state index in [0.717, 1.165) is 6.54 Å². The molecule has 1 unspecified atom stereocenters. The second-order valence-corrected chi connectivity index (χ2v) is 6.15. The third-order valence-corrected chi connectivity index (χ3v) is 4.66. The summed E-state index contributed by atoms with van der Waals surface area (Å²) in [6.45, 7) is 6.35. The SMILES string of the molecule is CCn1cnc(S(=O)(=O)N2CCNC(C)C2)c1.Cl. The number of sulfonamides is 1. The molecule has 0 amide bonds. The van der Waals surface area contributed by atoms with Gasteiger partial charge in [0.05, 0.1) is 6.33 Å². The minimum atomic E-state index is -3.42. The highest BCUT2D eigenvalue weighted by Gasteiger charge is 2.29. The van der Waals surface area contributed by atoms with E-state index in [1.54, 1.807) is 17.1 Å². The molecule has 1 aliphatic rings. The van der Waals surface area contributed by atoms with Crippen molar-refractivity contribution in [2.45, 2.75) is 31.5 Å². The second-order valence-electron chi connectivity index (χ2n) is 4.26. The van der Waals surface area contributed by atoms with Crippen molar-refractivity contribution in [3.63, 3.8) is 0 Å². The van der Waals surface area contributed by atoms with E-state index in [0.29, 0.717) is 19.6 Å². The Bertz CT molecular complexity index is 488. The zero-order chi connectivity index (χ0) is 12.5. The zero-order valence-corrected chi connectivity index (χ0v) is 12.2. The summed E-state index contributed by atoms with van der Waals surface area (Å²) in [5.74, 6) is 0. The van der Waals surface area contributed by atoms with Crippen LogP contribution in [0.2, 0.25) is 0 Å². The summed E-state index contributed by atoms with van der Waals surface area (Å²) < 4.78 is 27.8. The first-order valence-corrected chi connectivity index (χ1v) is 7.23. The Kier molecular flexibility index (Phi) is 5.15. The van der Waals surface area contributed by atoms with Gasteiger partial charge in [0.15, 0.2) is 5.03 Å². The smallest absolute Gasteiger partial charge is 0.262 e. The summed E-state index contributed by atoms with van der Waals surface area (Å²) in [6.07, 6.45) is 3.14. The molecule has 2 rings (SSSR count). The molecule has 8 heteroatoms. The van der Waals surface area contributed by atoms with Crippen LogP contribution < -0.4 is 5.32 Å². The Morgan fingerprint density at radius 2 is 2.28 bits per heavy atom. The van der Waals surface area contributed by atoms with E-state index in [1.807, 2.05) is 13.8 Å². The number of rotatable bonds is 3. The van der Waals surface area contributed by atoms with Crippen LogP contribution in [0.25, 0.3) is 0 Å². The number of imidazole rings is 1. The Balaban J connectivity index is 0.00000162. The molecule has 18 heavy (non-hydrogen) atoms. The number of hydrogen-bond donors (Lipinski definition) is 1. The average Bonchev–Trinajstić information content (AvgIpc) is 2.78. The van der Waals surface area contributed by atoms with Crippen molar-refractivity contribution in [2.75, 3.05) is 19.6 Å². The lowest BCUT2D eigenvalue weighted by Gasteiger charge is -2.30. The predicted molar refractivity (Wildman–Crippen MR) is 71.4 cm³/mol. The highest BCUT2D eigenvalue weighted by atomic mass is 35.5. The molecule has 1 aromatic heterocycles. The number of nitrogens with one attached hydrogen (secondary N) is 1. The van der Waals surface area contributed by atoms with Crippen molar-refractivity contribution in [3.8, 4) is 0 Å². The van der Waals surface area contributed by atoms with E-state index in [2.05, 4.69) is 10.3 Å². The topological polar surface area (TPSA) is 67.2 Å². The molecular weight excluding hydrogens is 276 g/mol. The predicted octanol–water partition coefficient (Wildman–Crippen LogP) is 0.307. The Morgan fingerprint density at radius 3 is 2.83 bits per heavy atom. The number of halogens is 1. The molecule has 1 saturated heterocycles. The van der Waals surface area contributed by atoms with E-state index in [1.165, 1.54) is 4.31 Å². The van der Waals surface area contributed by atoms with Gasteiger partial charge in [-0.15, -0.1) is 12.4 Å². The molecule has 0 bridgehead atoms. The molecule has 0 radical (unpaired) electrons. The van der Waals surface area contributed by atoms with Gasteiger partial charge in [0.2, 0.25) is 0 Å². The summed E-state index contributed by atoms with van der Waals surface area (Å²) in [4.78, 5) is 3.97. The van der Waals surface area contributed by atoms with Crippen LogP contribution >= 0.6 is 12.4 Å². The van der Waals surface area contributed by atoms with Crippen molar-refractivity contribution in [3.05, 3.63) is 12.5 Å². The molecule has 6 nitrogen and oxygen atoms in total. The fourth-order valence-electron chi connectivity index (χ4n) is 1.89. The summed E-state index contributed by atoms with van der Waals surface area (Å²) in [7, 11) is -3.42. The van der Waals surface area contributed by atoms with E-state index in [4.69, 9.17) is 0 Å². The van der Waals surface area contributed by atoms with Crippen LogP contribution in [0.15, 0.2) is 17.6 Å². The van der Waals surface area contributed by atoms with Crippen molar-refractivity contribution in [2.24, 2.45) is 0 Å². The third kappa shape index (κ3) is 3.03. The normalized spacial score (nSPS) is 21.6. The van der Waals surface area contributed by atoms with Gasteiger partial charge in [-0.05, 0) is 13.8 Å². The van der Waals surface area contributed by atoms with Gasteiger partial charge in [0.1, 0.15) is 0 Å². The fourth-order valence-corrected chi connectivity index (χ4v) is 3.36. The van der Waals surface area contributed by atoms with Gasteiger partial charge in [-0.2, -0.15) is 4.31 Å². The second kappa shape index (κ2) is 6.01. The molecule has 1 fully saturated rings. The van der Waals surface area contributed by atoms with Crippen LogP contribution in [0.3, 0.4) is 0 Å². The van der Waals surface area contributed by atoms with Crippen LogP contribution in [0.1, 0.15) is 13.8 Å². The minimum Gasteiger partial charge on any atom is -0.336 e. The molecule has 2 heterocycles. The molecule has 1 atom stereocenters. The highest BCUT2D eigenvalue weighted by molar-refractivity contribution is 7.89. The maximum Gasteiger partial charge on any atom is 0.262 e. The number of piperazine rings is 1. The molecule has 104 valence electrons. The lowest BCUT2D eigenvalue weighted by Crippen LogP contribution is -2.51. The Morgan fingerprint density at radius 1 is 1.56 bits per heavy atom. The van der Waals surface area contributed by atoms with Gasteiger partial charge >= 0.3 is 0 Å². The lowest BCUT2D eigenvalue weighted by atomic mass is 10.3. The quantitative estimate of drug-likeness (QED) is 0.871. The highest BCUT2D eigenvalue weighted by Crippen LogP contribution is 2.15. The van der Waals surface area contributed by atoms with E-state index < -0.39 is 10.0 Å². The van der Waals surface area contributed by atoms with Crippen LogP contribution in [-0.4, -0.2) is 48.0 Å². The van der Waals surface area contributed by atoms with E-state index >= 15 is 0 Å². The standard InChI is InChI=1S/C10H18N4O2S.ClH/c1-3-13-7-10(12-8-13)17(15,16)14-5-4-11-9(2)6-14;/h7-9,11H,3-6H2,1-2H3;1H. The van der Waals surface area contributed by atoms with Gasteiger partial charge < -0.3 is 9.88 Å². The van der Waals surface area contributed by atoms with Crippen LogP contribution in [0, 0.1) is 0 Å². The first-order valence-electron chi connectivity index (χ1n) is 5.79. The molecule has 1 N–H and O–H groups in total. The summed E-state index contributed by atoms with van der Waals surface area (Å²) in [5, 5.41) is 3.37. The molecule has 0 spiro atoms. The van der Waals surface area contributed by atoms with Gasteiger partial charge in [-0.1, -0.05) is 0 Å². The Hall–Kier alpha value is -0.630. The van der Waals surface area contributed by atoms with Crippen LogP contribution in [0.5, 0.6) is 0 Å². The zero-order valence-electron chi connectivity index (χ0n) is 10.5. The number of hydrogen-bond acceptors (Lipinski definition) is 4. The molecular formula is C10H19ClN4O2S. The van der Waals surface area contributed by atoms with Gasteiger partial charge in [0, 0.05) is 38.4 Å². The molecule has 0 aromatic carbocycles. The number of nitrogens with zero attached hydrogens (tertiary/aromatic N) is 3. The number of aryl methyl sites for hydroxylation is 1. The van der Waals surface area contributed by atoms with Crippen molar-refractivity contribution in [1.82, 2.24) is 19.2 Å². The van der Waals surface area contributed by atoms with Crippen molar-refractivity contribution in [1.29, 1.82) is 0 Å². The Labute approximate surface area is 114 Å². The fraction of sp³-hybridized carbons (Fsp3) is 0.700. The maximum atomic E-state index is 12.3.